The van der Waals surface area contributed by atoms with Crippen LogP contribution in [-0.4, -0.2) is 60.6 Å². The molecule has 1 aromatic carbocycles. The van der Waals surface area contributed by atoms with Crippen LogP contribution in [0.4, 0.5) is 10.5 Å². The van der Waals surface area contributed by atoms with E-state index in [0.29, 0.717) is 13.0 Å². The summed E-state index contributed by atoms with van der Waals surface area (Å²) < 4.78 is 10.5. The Hall–Kier alpha value is -1.89. The first-order chi connectivity index (χ1) is 12.8. The summed E-state index contributed by atoms with van der Waals surface area (Å²) in [5, 5.41) is 0. The molecule has 7 heteroatoms. The van der Waals surface area contributed by atoms with Gasteiger partial charge in [-0.25, -0.2) is 9.59 Å². The van der Waals surface area contributed by atoms with Crippen molar-refractivity contribution < 1.29 is 19.1 Å². The molecule has 1 fully saturated rings. The standard InChI is InChI=1S/C20H28N2O4S/c1-20(2,3)26-19(24)22-13-14(12-16(22)18(23)25-4)21-10-7-11-27-17-9-6-5-8-15(17)21/h5-6,8-9,14,16H,7,10-13H2,1-4H3/t14-,16-/m0/s1. The molecule has 0 saturated carbocycles. The van der Waals surface area contributed by atoms with E-state index in [1.54, 1.807) is 0 Å². The molecule has 1 amide bonds. The molecule has 1 saturated heterocycles. The average molecular weight is 393 g/mol. The second-order valence-electron chi connectivity index (χ2n) is 7.92. The summed E-state index contributed by atoms with van der Waals surface area (Å²) in [5.74, 6) is 0.678. The fourth-order valence-corrected chi connectivity index (χ4v) is 4.66. The first kappa shape index (κ1) is 19.9. The summed E-state index contributed by atoms with van der Waals surface area (Å²) in [7, 11) is 1.36. The van der Waals surface area contributed by atoms with Gasteiger partial charge in [-0.3, -0.25) is 4.90 Å². The highest BCUT2D eigenvalue weighted by Gasteiger charge is 2.44. The lowest BCUT2D eigenvalue weighted by Gasteiger charge is -2.31. The number of esters is 1. The van der Waals surface area contributed by atoms with Crippen molar-refractivity contribution in [3.8, 4) is 0 Å². The number of carbonyl (C=O) groups excluding carboxylic acids is 2. The van der Waals surface area contributed by atoms with Crippen molar-refractivity contribution in [3.05, 3.63) is 24.3 Å². The molecule has 27 heavy (non-hydrogen) atoms. The number of carbonyl (C=O) groups is 2. The highest BCUT2D eigenvalue weighted by atomic mass is 32.2. The number of anilines is 1. The van der Waals surface area contributed by atoms with E-state index in [1.807, 2.05) is 44.7 Å². The maximum absolute atomic E-state index is 12.7. The van der Waals surface area contributed by atoms with Gasteiger partial charge in [0.1, 0.15) is 11.6 Å². The molecule has 148 valence electrons. The minimum atomic E-state index is -0.613. The van der Waals surface area contributed by atoms with E-state index in [2.05, 4.69) is 17.0 Å². The Morgan fingerprint density at radius 2 is 1.96 bits per heavy atom. The van der Waals surface area contributed by atoms with E-state index < -0.39 is 17.7 Å². The number of rotatable bonds is 2. The highest BCUT2D eigenvalue weighted by Crippen LogP contribution is 2.37. The predicted octanol–water partition coefficient (Wildman–Crippen LogP) is 3.54. The Kier molecular flexibility index (Phi) is 5.89. The molecular weight excluding hydrogens is 364 g/mol. The lowest BCUT2D eigenvalue weighted by molar-refractivity contribution is -0.145. The Balaban J connectivity index is 1.85. The van der Waals surface area contributed by atoms with Gasteiger partial charge < -0.3 is 14.4 Å². The van der Waals surface area contributed by atoms with E-state index >= 15 is 0 Å². The van der Waals surface area contributed by atoms with Gasteiger partial charge in [0.15, 0.2) is 0 Å². The van der Waals surface area contributed by atoms with Crippen LogP contribution >= 0.6 is 11.8 Å². The van der Waals surface area contributed by atoms with E-state index in [-0.39, 0.29) is 12.0 Å². The smallest absolute Gasteiger partial charge is 0.411 e. The molecule has 1 aromatic rings. The minimum absolute atomic E-state index is 0.0569. The van der Waals surface area contributed by atoms with Gasteiger partial charge in [-0.15, -0.1) is 11.8 Å². The van der Waals surface area contributed by atoms with Crippen LogP contribution in [0.1, 0.15) is 33.6 Å². The molecule has 0 bridgehead atoms. The second-order valence-corrected chi connectivity index (χ2v) is 9.06. The number of fused-ring (bicyclic) bond motifs is 1. The van der Waals surface area contributed by atoms with E-state index in [0.717, 1.165) is 18.7 Å². The van der Waals surface area contributed by atoms with Crippen LogP contribution in [0, 0.1) is 0 Å². The van der Waals surface area contributed by atoms with Gasteiger partial charge in [0.05, 0.1) is 12.8 Å². The molecule has 6 nitrogen and oxygen atoms in total. The molecule has 2 heterocycles. The number of methoxy groups -OCH3 is 1. The summed E-state index contributed by atoms with van der Waals surface area (Å²) in [5.41, 5.74) is 0.571. The number of hydrogen-bond acceptors (Lipinski definition) is 6. The molecule has 0 unspecified atom stereocenters. The number of likely N-dealkylation sites (tertiary alicyclic amines) is 1. The van der Waals surface area contributed by atoms with Gasteiger partial charge in [-0.2, -0.15) is 0 Å². The Morgan fingerprint density at radius 1 is 1.22 bits per heavy atom. The second kappa shape index (κ2) is 8.00. The lowest BCUT2D eigenvalue weighted by Crippen LogP contribution is -2.44. The van der Waals surface area contributed by atoms with Gasteiger partial charge in [-0.05, 0) is 45.1 Å². The molecule has 3 rings (SSSR count). The molecule has 2 aliphatic heterocycles. The fraction of sp³-hybridized carbons (Fsp3) is 0.600. The van der Waals surface area contributed by atoms with Crippen LogP contribution < -0.4 is 4.90 Å². The molecule has 0 N–H and O–H groups in total. The first-order valence-electron chi connectivity index (χ1n) is 9.36. The largest absolute Gasteiger partial charge is 0.467 e. The number of hydrogen-bond donors (Lipinski definition) is 0. The molecule has 2 aliphatic rings. The molecule has 0 aliphatic carbocycles. The van der Waals surface area contributed by atoms with Gasteiger partial charge in [-0.1, -0.05) is 12.1 Å². The molecule has 0 aromatic heterocycles. The van der Waals surface area contributed by atoms with Crippen molar-refractivity contribution in [2.75, 3.05) is 30.9 Å². The van der Waals surface area contributed by atoms with Gasteiger partial charge >= 0.3 is 12.1 Å². The Labute approximate surface area is 165 Å². The predicted molar refractivity (Wildman–Crippen MR) is 106 cm³/mol. The quantitative estimate of drug-likeness (QED) is 0.718. The summed E-state index contributed by atoms with van der Waals surface area (Å²) in [6.45, 7) is 6.84. The normalized spacial score (nSPS) is 22.8. The molecular formula is C20H28N2O4S. The maximum atomic E-state index is 12.7. The van der Waals surface area contributed by atoms with Crippen LogP contribution in [0.3, 0.4) is 0 Å². The van der Waals surface area contributed by atoms with Gasteiger partial charge in [0.2, 0.25) is 0 Å². The maximum Gasteiger partial charge on any atom is 0.411 e. The number of para-hydroxylation sites is 1. The average Bonchev–Trinajstić information content (AvgIpc) is 2.94. The minimum Gasteiger partial charge on any atom is -0.467 e. The lowest BCUT2D eigenvalue weighted by atomic mass is 10.1. The van der Waals surface area contributed by atoms with Crippen molar-refractivity contribution in [2.24, 2.45) is 0 Å². The van der Waals surface area contributed by atoms with Crippen molar-refractivity contribution in [3.63, 3.8) is 0 Å². The van der Waals surface area contributed by atoms with Crippen LogP contribution in [0.5, 0.6) is 0 Å². The number of thioether (sulfide) groups is 1. The van der Waals surface area contributed by atoms with E-state index in [9.17, 15) is 9.59 Å². The SMILES string of the molecule is COC(=O)[C@@H]1C[C@H](N2CCCSc3ccccc32)CN1C(=O)OC(C)(C)C. The number of nitrogens with zero attached hydrogens (tertiary/aromatic N) is 2. The van der Waals surface area contributed by atoms with Crippen molar-refractivity contribution in [2.45, 2.75) is 56.2 Å². The summed E-state index contributed by atoms with van der Waals surface area (Å²) in [4.78, 5) is 30.2. The summed E-state index contributed by atoms with van der Waals surface area (Å²) in [6, 6.07) is 7.79. The highest BCUT2D eigenvalue weighted by molar-refractivity contribution is 7.99. The van der Waals surface area contributed by atoms with Crippen LogP contribution in [0.25, 0.3) is 0 Å². The summed E-state index contributed by atoms with van der Waals surface area (Å²) >= 11 is 1.86. The van der Waals surface area contributed by atoms with Crippen molar-refractivity contribution >= 4 is 29.5 Å². The van der Waals surface area contributed by atoms with Crippen LogP contribution in [0.2, 0.25) is 0 Å². The monoisotopic (exact) mass is 392 g/mol. The Bertz CT molecular complexity index is 703. The van der Waals surface area contributed by atoms with E-state index in [1.165, 1.54) is 22.6 Å². The van der Waals surface area contributed by atoms with Crippen LogP contribution in [0.15, 0.2) is 29.2 Å². The van der Waals surface area contributed by atoms with Crippen molar-refractivity contribution in [1.29, 1.82) is 0 Å². The number of benzene rings is 1. The van der Waals surface area contributed by atoms with Crippen LogP contribution in [-0.2, 0) is 14.3 Å². The molecule has 2 atom stereocenters. The third-order valence-electron chi connectivity index (χ3n) is 4.80. The third kappa shape index (κ3) is 4.51. The number of amides is 1. The summed E-state index contributed by atoms with van der Waals surface area (Å²) in [6.07, 6.45) is 1.15. The third-order valence-corrected chi connectivity index (χ3v) is 5.95. The topological polar surface area (TPSA) is 59.1 Å². The zero-order chi connectivity index (χ0) is 19.6. The molecule has 0 spiro atoms. The van der Waals surface area contributed by atoms with Gasteiger partial charge in [0, 0.05) is 30.4 Å². The Morgan fingerprint density at radius 3 is 2.67 bits per heavy atom. The van der Waals surface area contributed by atoms with Gasteiger partial charge in [0.25, 0.3) is 0 Å². The fourth-order valence-electron chi connectivity index (χ4n) is 3.65. The van der Waals surface area contributed by atoms with Crippen molar-refractivity contribution in [1.82, 2.24) is 4.90 Å². The molecule has 0 radical (unpaired) electrons. The van der Waals surface area contributed by atoms with E-state index in [4.69, 9.17) is 9.47 Å². The zero-order valence-electron chi connectivity index (χ0n) is 16.4. The number of ether oxygens (including phenoxy) is 2. The zero-order valence-corrected chi connectivity index (χ0v) is 17.3. The first-order valence-corrected chi connectivity index (χ1v) is 10.3.